The molecule has 0 saturated heterocycles. The summed E-state index contributed by atoms with van der Waals surface area (Å²) in [5, 5.41) is 5.01. The van der Waals surface area contributed by atoms with E-state index in [9.17, 15) is 0 Å². The minimum atomic E-state index is 1.10. The van der Waals surface area contributed by atoms with Gasteiger partial charge in [-0.2, -0.15) is 0 Å². The molecule has 0 fully saturated rings. The molecular weight excluding hydrogens is 653 g/mol. The van der Waals surface area contributed by atoms with Gasteiger partial charge in [-0.3, -0.25) is 0 Å². The van der Waals surface area contributed by atoms with Gasteiger partial charge >= 0.3 is 0 Å². The first-order valence-corrected chi connectivity index (χ1v) is 18.5. The lowest BCUT2D eigenvalue weighted by Crippen LogP contribution is -2.10. The predicted octanol–water partition coefficient (Wildman–Crippen LogP) is 14.4. The normalized spacial score (nSPS) is 11.3. The van der Waals surface area contributed by atoms with Gasteiger partial charge in [-0.25, -0.2) is 0 Å². The Balaban J connectivity index is 1.14. The molecule has 0 spiro atoms. The third-order valence-electron chi connectivity index (χ3n) is 10.6. The number of benzene rings is 9. The lowest BCUT2D eigenvalue weighted by molar-refractivity contribution is 1.18. The number of rotatable bonds is 7. The van der Waals surface area contributed by atoms with Crippen LogP contribution < -0.4 is 4.90 Å². The van der Waals surface area contributed by atoms with Gasteiger partial charge in [0.05, 0.1) is 11.0 Å². The molecule has 1 aromatic heterocycles. The van der Waals surface area contributed by atoms with Crippen molar-refractivity contribution in [2.75, 3.05) is 4.90 Å². The van der Waals surface area contributed by atoms with E-state index < -0.39 is 0 Å². The van der Waals surface area contributed by atoms with Crippen molar-refractivity contribution in [1.82, 2.24) is 4.57 Å². The number of hydrogen-bond acceptors (Lipinski definition) is 1. The lowest BCUT2D eigenvalue weighted by Gasteiger charge is -2.27. The van der Waals surface area contributed by atoms with Crippen LogP contribution in [0.3, 0.4) is 0 Å². The van der Waals surface area contributed by atoms with Gasteiger partial charge in [0.2, 0.25) is 0 Å². The highest BCUT2D eigenvalue weighted by Crippen LogP contribution is 2.42. The van der Waals surface area contributed by atoms with E-state index in [0.29, 0.717) is 0 Å². The van der Waals surface area contributed by atoms with Gasteiger partial charge in [0, 0.05) is 33.5 Å². The van der Waals surface area contributed by atoms with E-state index in [2.05, 4.69) is 228 Å². The summed E-state index contributed by atoms with van der Waals surface area (Å²) in [4.78, 5) is 2.39. The molecule has 2 heteroatoms. The van der Waals surface area contributed by atoms with Crippen LogP contribution in [0, 0.1) is 0 Å². The summed E-state index contributed by atoms with van der Waals surface area (Å²) in [5.41, 5.74) is 14.0. The average molecular weight is 689 g/mol. The lowest BCUT2D eigenvalue weighted by atomic mass is 9.97. The molecule has 0 amide bonds. The Kier molecular flexibility index (Phi) is 7.85. The molecule has 0 bridgehead atoms. The van der Waals surface area contributed by atoms with Gasteiger partial charge in [0.1, 0.15) is 0 Å². The summed E-state index contributed by atoms with van der Waals surface area (Å²) in [7, 11) is 0. The topological polar surface area (TPSA) is 8.17 Å². The molecule has 0 aliphatic carbocycles. The minimum Gasteiger partial charge on any atom is -0.310 e. The van der Waals surface area contributed by atoms with Crippen molar-refractivity contribution in [3.05, 3.63) is 218 Å². The molecule has 0 radical (unpaired) electrons. The van der Waals surface area contributed by atoms with E-state index in [4.69, 9.17) is 0 Å². The van der Waals surface area contributed by atoms with Crippen LogP contribution in [-0.2, 0) is 0 Å². The Morgan fingerprint density at radius 3 is 1.67 bits per heavy atom. The van der Waals surface area contributed by atoms with Crippen LogP contribution in [0.5, 0.6) is 0 Å². The number of aromatic nitrogens is 1. The highest BCUT2D eigenvalue weighted by atomic mass is 15.1. The SMILES string of the molecule is c1ccc(-c2cccc(N(c3ccc(-c4cccc5ccccc45)cc3)c3cccc(-c4cccc5c4c4ccccc4n5-c4ccccc4)c3)c2)cc1. The van der Waals surface area contributed by atoms with Gasteiger partial charge in [0.15, 0.2) is 0 Å². The van der Waals surface area contributed by atoms with E-state index in [-0.39, 0.29) is 0 Å². The number of anilines is 3. The first-order chi connectivity index (χ1) is 26.8. The maximum absolute atomic E-state index is 2.39. The number of para-hydroxylation sites is 2. The smallest absolute Gasteiger partial charge is 0.0547 e. The van der Waals surface area contributed by atoms with E-state index in [1.54, 1.807) is 0 Å². The number of hydrogen-bond donors (Lipinski definition) is 0. The minimum absolute atomic E-state index is 1.10. The molecule has 0 saturated carbocycles. The zero-order valence-corrected chi connectivity index (χ0v) is 29.7. The third kappa shape index (κ3) is 5.53. The van der Waals surface area contributed by atoms with Gasteiger partial charge < -0.3 is 9.47 Å². The highest BCUT2D eigenvalue weighted by Gasteiger charge is 2.19. The molecule has 9 aromatic carbocycles. The summed E-state index contributed by atoms with van der Waals surface area (Å²) in [6, 6.07) is 78.8. The first kappa shape index (κ1) is 31.6. The zero-order valence-electron chi connectivity index (χ0n) is 29.7. The standard InChI is InChI=1S/C52H36N2/c1-3-15-37(16-4-1)40-19-11-23-44(35-40)53(43-33-31-39(32-34-43)47-27-13-18-38-17-7-8-25-46(38)47)45-24-12-20-41(36-45)48-28-14-30-51-52(48)49-26-9-10-29-50(49)54(51)42-21-5-2-6-22-42/h1-36H. The molecule has 54 heavy (non-hydrogen) atoms. The van der Waals surface area contributed by atoms with Crippen LogP contribution in [0.15, 0.2) is 218 Å². The van der Waals surface area contributed by atoms with Crippen molar-refractivity contribution in [2.45, 2.75) is 0 Å². The molecule has 0 aliphatic heterocycles. The second-order valence-electron chi connectivity index (χ2n) is 13.8. The van der Waals surface area contributed by atoms with Crippen molar-refractivity contribution in [2.24, 2.45) is 0 Å². The Hall–Kier alpha value is -7.16. The molecule has 0 unspecified atom stereocenters. The molecule has 0 aliphatic rings. The third-order valence-corrected chi connectivity index (χ3v) is 10.6. The van der Waals surface area contributed by atoms with Crippen LogP contribution in [-0.4, -0.2) is 4.57 Å². The molecule has 10 aromatic rings. The fourth-order valence-corrected chi connectivity index (χ4v) is 8.10. The second-order valence-corrected chi connectivity index (χ2v) is 13.8. The summed E-state index contributed by atoms with van der Waals surface area (Å²) in [6.45, 7) is 0. The van der Waals surface area contributed by atoms with E-state index in [1.165, 1.54) is 66.0 Å². The van der Waals surface area contributed by atoms with Crippen molar-refractivity contribution in [1.29, 1.82) is 0 Å². The van der Waals surface area contributed by atoms with Crippen LogP contribution in [0.4, 0.5) is 17.1 Å². The van der Waals surface area contributed by atoms with Crippen molar-refractivity contribution >= 4 is 49.6 Å². The van der Waals surface area contributed by atoms with Crippen LogP contribution in [0.2, 0.25) is 0 Å². The van der Waals surface area contributed by atoms with E-state index >= 15 is 0 Å². The first-order valence-electron chi connectivity index (χ1n) is 18.5. The largest absolute Gasteiger partial charge is 0.310 e. The maximum atomic E-state index is 2.39. The number of nitrogens with zero attached hydrogens (tertiary/aromatic N) is 2. The van der Waals surface area contributed by atoms with Crippen molar-refractivity contribution in [3.8, 4) is 39.1 Å². The molecule has 254 valence electrons. The molecule has 2 nitrogen and oxygen atoms in total. The second kappa shape index (κ2) is 13.4. The Bertz CT molecular complexity index is 2920. The van der Waals surface area contributed by atoms with Crippen LogP contribution >= 0.6 is 0 Å². The zero-order chi connectivity index (χ0) is 35.8. The van der Waals surface area contributed by atoms with Crippen molar-refractivity contribution < 1.29 is 0 Å². The summed E-state index contributed by atoms with van der Waals surface area (Å²) < 4.78 is 2.39. The quantitative estimate of drug-likeness (QED) is 0.162. The fourth-order valence-electron chi connectivity index (χ4n) is 8.10. The maximum Gasteiger partial charge on any atom is 0.0547 e. The Labute approximate surface area is 315 Å². The molecular formula is C52H36N2. The highest BCUT2D eigenvalue weighted by molar-refractivity contribution is 6.16. The monoisotopic (exact) mass is 688 g/mol. The summed E-state index contributed by atoms with van der Waals surface area (Å²) >= 11 is 0. The van der Waals surface area contributed by atoms with E-state index in [0.717, 1.165) is 22.7 Å². The van der Waals surface area contributed by atoms with E-state index in [1.807, 2.05) is 0 Å². The Morgan fingerprint density at radius 1 is 0.315 bits per heavy atom. The summed E-state index contributed by atoms with van der Waals surface area (Å²) in [6.07, 6.45) is 0. The van der Waals surface area contributed by atoms with Gasteiger partial charge in [-0.05, 0) is 105 Å². The van der Waals surface area contributed by atoms with Crippen molar-refractivity contribution in [3.63, 3.8) is 0 Å². The average Bonchev–Trinajstić information content (AvgIpc) is 3.59. The molecule has 0 atom stereocenters. The Morgan fingerprint density at radius 2 is 0.870 bits per heavy atom. The van der Waals surface area contributed by atoms with Gasteiger partial charge in [-0.15, -0.1) is 0 Å². The van der Waals surface area contributed by atoms with Crippen LogP contribution in [0.1, 0.15) is 0 Å². The van der Waals surface area contributed by atoms with Gasteiger partial charge in [-0.1, -0.05) is 158 Å². The molecule has 1 heterocycles. The summed E-state index contributed by atoms with van der Waals surface area (Å²) in [5.74, 6) is 0. The molecule has 10 rings (SSSR count). The fraction of sp³-hybridized carbons (Fsp3) is 0. The predicted molar refractivity (Wildman–Crippen MR) is 229 cm³/mol. The van der Waals surface area contributed by atoms with Gasteiger partial charge in [0.25, 0.3) is 0 Å². The number of fused-ring (bicyclic) bond motifs is 4. The van der Waals surface area contributed by atoms with Crippen LogP contribution in [0.25, 0.3) is 71.6 Å². The molecule has 0 N–H and O–H groups in total.